The number of hydrogen-bond donors (Lipinski definition) is 3. The third-order valence-corrected chi connectivity index (χ3v) is 6.28. The largest absolute Gasteiger partial charge is 0.490 e. The van der Waals surface area contributed by atoms with Gasteiger partial charge < -0.3 is 20.3 Å². The summed E-state index contributed by atoms with van der Waals surface area (Å²) in [5.74, 6) is -2.37. The van der Waals surface area contributed by atoms with Crippen LogP contribution >= 0.6 is 11.6 Å². The second kappa shape index (κ2) is 8.00. The van der Waals surface area contributed by atoms with E-state index in [-0.39, 0.29) is 55.3 Å². The number of ether oxygens (including phenoxy) is 1. The molecule has 1 aliphatic heterocycles. The van der Waals surface area contributed by atoms with Crippen molar-refractivity contribution in [1.29, 1.82) is 0 Å². The average molecular weight is 456 g/mol. The van der Waals surface area contributed by atoms with Crippen LogP contribution in [0.4, 0.5) is 18.9 Å². The van der Waals surface area contributed by atoms with Crippen molar-refractivity contribution in [2.75, 3.05) is 11.9 Å². The van der Waals surface area contributed by atoms with Crippen molar-refractivity contribution in [3.05, 3.63) is 57.9 Å². The number of hydrogen-bond acceptors (Lipinski definition) is 4. The smallest absolute Gasteiger partial charge is 0.224 e. The predicted molar refractivity (Wildman–Crippen MR) is 108 cm³/mol. The van der Waals surface area contributed by atoms with Gasteiger partial charge in [-0.1, -0.05) is 11.6 Å². The Morgan fingerprint density at radius 1 is 1.00 bits per heavy atom. The standard InChI is InChI=1S/C22H21ClF3NO4/c23-12-9-15(25)19(16(26)10-12)22(30)7-5-21(29,6-8-22)11-31-17-3-2-14(24)20-13(17)1-4-18(28)27-20/h2-3,9-10,29-30H,1,4-8,11H2,(H,27,28)/t21-,22+. The number of halogens is 4. The van der Waals surface area contributed by atoms with Gasteiger partial charge in [0.25, 0.3) is 0 Å². The molecule has 0 radical (unpaired) electrons. The number of anilines is 1. The number of fused-ring (bicyclic) bond motifs is 1. The van der Waals surface area contributed by atoms with Gasteiger partial charge in [0.15, 0.2) is 0 Å². The van der Waals surface area contributed by atoms with E-state index in [1.54, 1.807) is 0 Å². The molecule has 31 heavy (non-hydrogen) atoms. The third-order valence-electron chi connectivity index (χ3n) is 6.06. The lowest BCUT2D eigenvalue weighted by Crippen LogP contribution is -2.45. The van der Waals surface area contributed by atoms with Crippen LogP contribution in [0.2, 0.25) is 5.02 Å². The lowest BCUT2D eigenvalue weighted by Gasteiger charge is -2.41. The fraction of sp³-hybridized carbons (Fsp3) is 0.409. The SMILES string of the molecule is O=C1CCc2c(OC[C@]3(O)CC[C@](O)(c4c(F)cc(Cl)cc4F)CC3)ccc(F)c2N1. The number of rotatable bonds is 4. The van der Waals surface area contributed by atoms with Crippen LogP contribution in [0.25, 0.3) is 0 Å². The Balaban J connectivity index is 1.47. The Bertz CT molecular complexity index is 1010. The number of amides is 1. The molecule has 2 aromatic carbocycles. The third kappa shape index (κ3) is 4.24. The number of aliphatic hydroxyl groups is 2. The second-order valence-corrected chi connectivity index (χ2v) is 8.67. The molecule has 1 amide bonds. The molecule has 0 aromatic heterocycles. The molecule has 1 saturated carbocycles. The topological polar surface area (TPSA) is 78.8 Å². The molecular formula is C22H21ClF3NO4. The molecule has 1 aliphatic carbocycles. The summed E-state index contributed by atoms with van der Waals surface area (Å²) in [5.41, 5.74) is -2.98. The molecule has 0 atom stereocenters. The zero-order valence-corrected chi connectivity index (χ0v) is 17.2. The van der Waals surface area contributed by atoms with Crippen molar-refractivity contribution in [2.45, 2.75) is 49.7 Å². The highest BCUT2D eigenvalue weighted by atomic mass is 35.5. The minimum atomic E-state index is -1.77. The minimum Gasteiger partial charge on any atom is -0.490 e. The monoisotopic (exact) mass is 455 g/mol. The van der Waals surface area contributed by atoms with E-state index in [2.05, 4.69) is 5.32 Å². The van der Waals surface area contributed by atoms with E-state index in [0.29, 0.717) is 17.7 Å². The summed E-state index contributed by atoms with van der Waals surface area (Å²) in [7, 11) is 0. The Morgan fingerprint density at radius 2 is 1.65 bits per heavy atom. The number of nitrogens with one attached hydrogen (secondary N) is 1. The van der Waals surface area contributed by atoms with Gasteiger partial charge in [-0.15, -0.1) is 0 Å². The summed E-state index contributed by atoms with van der Waals surface area (Å²) in [6, 6.07) is 4.50. The lowest BCUT2D eigenvalue weighted by molar-refractivity contribution is -0.116. The number of carbonyl (C=O) groups is 1. The maximum Gasteiger partial charge on any atom is 0.224 e. The van der Waals surface area contributed by atoms with Gasteiger partial charge in [0.05, 0.1) is 22.5 Å². The maximum absolute atomic E-state index is 14.3. The Hall–Kier alpha value is -2.29. The van der Waals surface area contributed by atoms with E-state index >= 15 is 0 Å². The number of carbonyl (C=O) groups excluding carboxylic acids is 1. The molecule has 0 saturated heterocycles. The van der Waals surface area contributed by atoms with Gasteiger partial charge in [-0.25, -0.2) is 13.2 Å². The Labute approximate surface area is 181 Å². The van der Waals surface area contributed by atoms with Crippen molar-refractivity contribution in [2.24, 2.45) is 0 Å². The van der Waals surface area contributed by atoms with Crippen molar-refractivity contribution in [1.82, 2.24) is 0 Å². The first-order valence-corrected chi connectivity index (χ1v) is 10.3. The molecule has 0 unspecified atom stereocenters. The lowest BCUT2D eigenvalue weighted by atomic mass is 9.73. The molecular weight excluding hydrogens is 435 g/mol. The summed E-state index contributed by atoms with van der Waals surface area (Å²) in [5, 5.41) is 24.2. The van der Waals surface area contributed by atoms with Crippen molar-refractivity contribution >= 4 is 23.2 Å². The van der Waals surface area contributed by atoms with Gasteiger partial charge in [-0.2, -0.15) is 0 Å². The summed E-state index contributed by atoms with van der Waals surface area (Å²) >= 11 is 5.65. The summed E-state index contributed by atoms with van der Waals surface area (Å²) in [6.45, 7) is -0.152. The quantitative estimate of drug-likeness (QED) is 0.645. The summed E-state index contributed by atoms with van der Waals surface area (Å²) in [6.07, 6.45) is 0.403. The van der Waals surface area contributed by atoms with Crippen molar-refractivity contribution in [3.63, 3.8) is 0 Å². The summed E-state index contributed by atoms with van der Waals surface area (Å²) < 4.78 is 48.4. The first-order valence-electron chi connectivity index (χ1n) is 9.94. The second-order valence-electron chi connectivity index (χ2n) is 8.24. The van der Waals surface area contributed by atoms with Crippen LogP contribution in [0.15, 0.2) is 24.3 Å². The molecule has 166 valence electrons. The van der Waals surface area contributed by atoms with Gasteiger partial charge >= 0.3 is 0 Å². The molecule has 1 fully saturated rings. The molecule has 2 aliphatic rings. The normalized spacial score (nSPS) is 25.7. The fourth-order valence-electron chi connectivity index (χ4n) is 4.28. The van der Waals surface area contributed by atoms with Gasteiger partial charge in [0.2, 0.25) is 5.91 Å². The van der Waals surface area contributed by atoms with Crippen molar-refractivity contribution in [3.8, 4) is 5.75 Å². The van der Waals surface area contributed by atoms with Crippen LogP contribution in [0, 0.1) is 17.5 Å². The van der Waals surface area contributed by atoms with E-state index in [1.165, 1.54) is 12.1 Å². The molecule has 3 N–H and O–H groups in total. The van der Waals surface area contributed by atoms with E-state index in [0.717, 1.165) is 12.1 Å². The zero-order valence-electron chi connectivity index (χ0n) is 16.5. The highest BCUT2D eigenvalue weighted by Gasteiger charge is 2.45. The van der Waals surface area contributed by atoms with Gasteiger partial charge in [0, 0.05) is 17.0 Å². The minimum absolute atomic E-state index is 0.0329. The molecule has 4 rings (SSSR count). The van der Waals surface area contributed by atoms with E-state index in [1.807, 2.05) is 0 Å². The van der Waals surface area contributed by atoms with Crippen molar-refractivity contribution < 1.29 is 32.9 Å². The molecule has 1 heterocycles. The van der Waals surface area contributed by atoms with E-state index in [9.17, 15) is 28.2 Å². The Morgan fingerprint density at radius 3 is 2.29 bits per heavy atom. The van der Waals surface area contributed by atoms with Crippen LogP contribution in [0.1, 0.15) is 43.2 Å². The van der Waals surface area contributed by atoms with Crippen LogP contribution in [-0.4, -0.2) is 28.3 Å². The molecule has 0 spiro atoms. The summed E-state index contributed by atoms with van der Waals surface area (Å²) in [4.78, 5) is 11.5. The maximum atomic E-state index is 14.3. The van der Waals surface area contributed by atoms with Crippen LogP contribution in [0.3, 0.4) is 0 Å². The zero-order chi connectivity index (χ0) is 22.4. The predicted octanol–water partition coefficient (Wildman–Crippen LogP) is 4.21. The fourth-order valence-corrected chi connectivity index (χ4v) is 4.47. The van der Waals surface area contributed by atoms with Crippen LogP contribution in [0.5, 0.6) is 5.75 Å². The van der Waals surface area contributed by atoms with Crippen LogP contribution in [-0.2, 0) is 16.8 Å². The van der Waals surface area contributed by atoms with Gasteiger partial charge in [0.1, 0.15) is 29.8 Å². The van der Waals surface area contributed by atoms with Crippen LogP contribution < -0.4 is 10.1 Å². The molecule has 2 aromatic rings. The van der Waals surface area contributed by atoms with E-state index in [4.69, 9.17) is 16.3 Å². The van der Waals surface area contributed by atoms with Gasteiger partial charge in [-0.05, 0) is 56.4 Å². The van der Waals surface area contributed by atoms with E-state index < -0.39 is 34.2 Å². The molecule has 5 nitrogen and oxygen atoms in total. The molecule has 9 heteroatoms. The van der Waals surface area contributed by atoms with Gasteiger partial charge in [-0.3, -0.25) is 4.79 Å². The Kier molecular flexibility index (Phi) is 5.66. The first-order chi connectivity index (χ1) is 14.6. The first kappa shape index (κ1) is 21.9. The highest BCUT2D eigenvalue weighted by molar-refractivity contribution is 6.30. The average Bonchev–Trinajstić information content (AvgIpc) is 2.70. The molecule has 0 bridgehead atoms. The number of benzene rings is 2. The highest BCUT2D eigenvalue weighted by Crippen LogP contribution is 2.44.